The van der Waals surface area contributed by atoms with E-state index in [0.717, 1.165) is 21.2 Å². The molecule has 0 unspecified atom stereocenters. The molecule has 0 spiro atoms. The fourth-order valence-corrected chi connectivity index (χ4v) is 5.29. The van der Waals surface area contributed by atoms with Crippen LogP contribution in [0, 0.1) is 12.7 Å². The second-order valence-electron chi connectivity index (χ2n) is 8.44. The highest BCUT2D eigenvalue weighted by Gasteiger charge is 2.22. The van der Waals surface area contributed by atoms with Crippen LogP contribution in [0.2, 0.25) is 0 Å². The number of carbonyl (C=O) groups excluding carboxylic acids is 2. The number of carbonyl (C=O) groups is 2. The number of hydrogen-bond acceptors (Lipinski definition) is 6. The normalized spacial score (nSPS) is 13.8. The molecule has 2 amide bonds. The molecule has 178 valence electrons. The Morgan fingerprint density at radius 3 is 2.46 bits per heavy atom. The molecule has 1 fully saturated rings. The van der Waals surface area contributed by atoms with Gasteiger partial charge in [-0.3, -0.25) is 9.59 Å². The van der Waals surface area contributed by atoms with E-state index in [1.807, 2.05) is 24.0 Å². The maximum absolute atomic E-state index is 13.6. The smallest absolute Gasteiger partial charge is 0.266 e. The van der Waals surface area contributed by atoms with Gasteiger partial charge >= 0.3 is 0 Å². The van der Waals surface area contributed by atoms with Crippen LogP contribution in [0.25, 0.3) is 10.1 Å². The number of anilines is 2. The molecule has 35 heavy (non-hydrogen) atoms. The molecule has 2 aromatic heterocycles. The topological polar surface area (TPSA) is 78.4 Å². The number of halogens is 1. The third-order valence-electron chi connectivity index (χ3n) is 6.14. The van der Waals surface area contributed by atoms with Crippen LogP contribution in [0.5, 0.6) is 0 Å². The number of fused-ring (bicyclic) bond motifs is 1. The van der Waals surface area contributed by atoms with E-state index < -0.39 is 0 Å². The molecular formula is C26H24FN5O2S. The van der Waals surface area contributed by atoms with Crippen LogP contribution < -0.4 is 10.2 Å². The first-order valence-electron chi connectivity index (χ1n) is 11.4. The molecule has 1 aliphatic rings. The van der Waals surface area contributed by atoms with Gasteiger partial charge in [0, 0.05) is 49.0 Å². The molecule has 9 heteroatoms. The van der Waals surface area contributed by atoms with Crippen molar-refractivity contribution < 1.29 is 14.0 Å². The lowest BCUT2D eigenvalue weighted by molar-refractivity contribution is -0.130. The summed E-state index contributed by atoms with van der Waals surface area (Å²) in [6.07, 6.45) is 3.74. The Kier molecular flexibility index (Phi) is 6.41. The number of amides is 2. The molecule has 0 atom stereocenters. The minimum atomic E-state index is -0.317. The Bertz CT molecular complexity index is 1370. The molecule has 1 saturated heterocycles. The first-order valence-corrected chi connectivity index (χ1v) is 12.2. The van der Waals surface area contributed by atoms with E-state index in [1.165, 1.54) is 23.5 Å². The fourth-order valence-electron chi connectivity index (χ4n) is 4.20. The van der Waals surface area contributed by atoms with Crippen LogP contribution in [-0.2, 0) is 11.2 Å². The Balaban J connectivity index is 1.17. The monoisotopic (exact) mass is 489 g/mol. The standard InChI is InChI=1S/C26H24FN5O2S/c1-17-21-16-19(27)5-8-22(21)35-24(17)25(34)30-20-6-3-18(4-7-20)15-23(33)31-11-13-32(14-12-31)26-28-9-2-10-29-26/h2-10,16H,11-15H2,1H3,(H,30,34). The minimum absolute atomic E-state index is 0.0727. The summed E-state index contributed by atoms with van der Waals surface area (Å²) < 4.78 is 14.5. The summed E-state index contributed by atoms with van der Waals surface area (Å²) >= 11 is 1.35. The summed E-state index contributed by atoms with van der Waals surface area (Å²) in [6.45, 7) is 4.48. The van der Waals surface area contributed by atoms with E-state index in [2.05, 4.69) is 20.2 Å². The van der Waals surface area contributed by atoms with Gasteiger partial charge in [0.15, 0.2) is 0 Å². The van der Waals surface area contributed by atoms with Crippen molar-refractivity contribution in [2.24, 2.45) is 0 Å². The molecular weight excluding hydrogens is 465 g/mol. The lowest BCUT2D eigenvalue weighted by Crippen LogP contribution is -2.49. The third kappa shape index (κ3) is 5.00. The molecule has 3 heterocycles. The Morgan fingerprint density at radius 2 is 1.74 bits per heavy atom. The third-order valence-corrected chi connectivity index (χ3v) is 7.41. The zero-order valence-electron chi connectivity index (χ0n) is 19.2. The van der Waals surface area contributed by atoms with Crippen LogP contribution >= 0.6 is 11.3 Å². The number of thiophene rings is 1. The van der Waals surface area contributed by atoms with Crippen LogP contribution in [0.4, 0.5) is 16.0 Å². The van der Waals surface area contributed by atoms with Gasteiger partial charge in [-0.05, 0) is 59.8 Å². The molecule has 5 rings (SSSR count). The van der Waals surface area contributed by atoms with Gasteiger partial charge in [0.05, 0.1) is 11.3 Å². The SMILES string of the molecule is Cc1c(C(=O)Nc2ccc(CC(=O)N3CCN(c4ncccn4)CC3)cc2)sc2ccc(F)cc12. The number of aromatic nitrogens is 2. The van der Waals surface area contributed by atoms with Crippen molar-refractivity contribution in [1.29, 1.82) is 0 Å². The molecule has 0 bridgehead atoms. The van der Waals surface area contributed by atoms with E-state index in [-0.39, 0.29) is 17.6 Å². The highest BCUT2D eigenvalue weighted by molar-refractivity contribution is 7.21. The number of benzene rings is 2. The molecule has 1 N–H and O–H groups in total. The average Bonchev–Trinajstić information content (AvgIpc) is 3.21. The van der Waals surface area contributed by atoms with E-state index in [1.54, 1.807) is 36.7 Å². The molecule has 4 aromatic rings. The van der Waals surface area contributed by atoms with Crippen LogP contribution in [0.1, 0.15) is 20.8 Å². The summed E-state index contributed by atoms with van der Waals surface area (Å²) in [5.41, 5.74) is 2.30. The molecule has 0 aliphatic carbocycles. The summed E-state index contributed by atoms with van der Waals surface area (Å²) in [4.78, 5) is 38.7. The minimum Gasteiger partial charge on any atom is -0.339 e. The van der Waals surface area contributed by atoms with E-state index >= 15 is 0 Å². The van der Waals surface area contributed by atoms with Crippen molar-refractivity contribution in [3.05, 3.63) is 82.7 Å². The number of nitrogens with zero attached hydrogens (tertiary/aromatic N) is 4. The molecule has 0 radical (unpaired) electrons. The average molecular weight is 490 g/mol. The van der Waals surface area contributed by atoms with Gasteiger partial charge < -0.3 is 15.1 Å². The zero-order chi connectivity index (χ0) is 24.4. The highest BCUT2D eigenvalue weighted by atomic mass is 32.1. The van der Waals surface area contributed by atoms with Gasteiger partial charge in [-0.25, -0.2) is 14.4 Å². The Hall–Kier alpha value is -3.85. The maximum atomic E-state index is 13.6. The van der Waals surface area contributed by atoms with Crippen molar-refractivity contribution in [2.45, 2.75) is 13.3 Å². The van der Waals surface area contributed by atoms with Gasteiger partial charge in [-0.2, -0.15) is 0 Å². The maximum Gasteiger partial charge on any atom is 0.266 e. The number of piperazine rings is 1. The summed E-state index contributed by atoms with van der Waals surface area (Å²) in [7, 11) is 0. The van der Waals surface area contributed by atoms with Crippen LogP contribution in [-0.4, -0.2) is 52.9 Å². The summed E-state index contributed by atoms with van der Waals surface area (Å²) in [5.74, 6) is 0.217. The first-order chi connectivity index (χ1) is 17.0. The molecule has 0 saturated carbocycles. The van der Waals surface area contributed by atoms with Crippen LogP contribution in [0.3, 0.4) is 0 Å². The van der Waals surface area contributed by atoms with Crippen molar-refractivity contribution in [3.8, 4) is 0 Å². The number of rotatable bonds is 5. The Labute approximate surface area is 206 Å². The quantitative estimate of drug-likeness (QED) is 0.453. The second kappa shape index (κ2) is 9.79. The zero-order valence-corrected chi connectivity index (χ0v) is 20.0. The van der Waals surface area contributed by atoms with Crippen molar-refractivity contribution >= 4 is 44.9 Å². The first kappa shape index (κ1) is 22.9. The fraction of sp³-hybridized carbons (Fsp3) is 0.231. The van der Waals surface area contributed by atoms with Crippen LogP contribution in [0.15, 0.2) is 60.9 Å². The lowest BCUT2D eigenvalue weighted by atomic mass is 10.1. The number of aryl methyl sites for hydroxylation is 1. The van der Waals surface area contributed by atoms with E-state index in [9.17, 15) is 14.0 Å². The lowest BCUT2D eigenvalue weighted by Gasteiger charge is -2.34. The number of hydrogen-bond donors (Lipinski definition) is 1. The van der Waals surface area contributed by atoms with Gasteiger partial charge in [0.1, 0.15) is 5.82 Å². The predicted octanol–water partition coefficient (Wildman–Crippen LogP) is 4.28. The molecule has 7 nitrogen and oxygen atoms in total. The van der Waals surface area contributed by atoms with E-state index in [0.29, 0.717) is 49.1 Å². The summed E-state index contributed by atoms with van der Waals surface area (Å²) in [6, 6.07) is 13.6. The highest BCUT2D eigenvalue weighted by Crippen LogP contribution is 2.32. The largest absolute Gasteiger partial charge is 0.339 e. The number of nitrogens with one attached hydrogen (secondary N) is 1. The van der Waals surface area contributed by atoms with Gasteiger partial charge in [-0.15, -0.1) is 11.3 Å². The molecule has 1 aliphatic heterocycles. The van der Waals surface area contributed by atoms with Gasteiger partial charge in [0.2, 0.25) is 11.9 Å². The Morgan fingerprint density at radius 1 is 1.03 bits per heavy atom. The van der Waals surface area contributed by atoms with Gasteiger partial charge in [0.25, 0.3) is 5.91 Å². The summed E-state index contributed by atoms with van der Waals surface area (Å²) in [5, 5.41) is 3.66. The van der Waals surface area contributed by atoms with Crippen molar-refractivity contribution in [2.75, 3.05) is 36.4 Å². The van der Waals surface area contributed by atoms with Crippen molar-refractivity contribution in [3.63, 3.8) is 0 Å². The van der Waals surface area contributed by atoms with Crippen molar-refractivity contribution in [1.82, 2.24) is 14.9 Å². The molecule has 2 aromatic carbocycles. The van der Waals surface area contributed by atoms with Gasteiger partial charge in [-0.1, -0.05) is 12.1 Å². The predicted molar refractivity (Wildman–Crippen MR) is 135 cm³/mol. The second-order valence-corrected chi connectivity index (χ2v) is 9.49. The van der Waals surface area contributed by atoms with E-state index in [4.69, 9.17) is 0 Å².